The molecule has 0 atom stereocenters. The van der Waals surface area contributed by atoms with Crippen LogP contribution in [0.3, 0.4) is 0 Å². The monoisotopic (exact) mass is 225 g/mol. The summed E-state index contributed by atoms with van der Waals surface area (Å²) >= 11 is 0. The van der Waals surface area contributed by atoms with Crippen molar-refractivity contribution in [2.45, 2.75) is 13.3 Å². The van der Waals surface area contributed by atoms with Crippen LogP contribution < -0.4 is 5.32 Å². The van der Waals surface area contributed by atoms with Crippen LogP contribution in [0.4, 0.5) is 5.69 Å². The highest BCUT2D eigenvalue weighted by atomic mass is 16.1. The summed E-state index contributed by atoms with van der Waals surface area (Å²) in [4.78, 5) is 15.6. The first-order valence-electron chi connectivity index (χ1n) is 5.23. The SMILES string of the molecule is Cc1cc2cccnc2cc1NC(=O)CC#N. The Morgan fingerprint density at radius 3 is 3.12 bits per heavy atom. The molecule has 1 aromatic carbocycles. The van der Waals surface area contributed by atoms with E-state index >= 15 is 0 Å². The molecule has 1 amide bonds. The maximum absolute atomic E-state index is 11.3. The number of nitriles is 1. The van der Waals surface area contributed by atoms with E-state index in [4.69, 9.17) is 5.26 Å². The number of carbonyl (C=O) groups excluding carboxylic acids is 1. The van der Waals surface area contributed by atoms with Gasteiger partial charge in [-0.05, 0) is 30.7 Å². The first-order valence-corrected chi connectivity index (χ1v) is 5.23. The van der Waals surface area contributed by atoms with Gasteiger partial charge in [-0.15, -0.1) is 0 Å². The Morgan fingerprint density at radius 2 is 2.35 bits per heavy atom. The molecule has 0 saturated carbocycles. The van der Waals surface area contributed by atoms with Crippen molar-refractivity contribution in [2.24, 2.45) is 0 Å². The van der Waals surface area contributed by atoms with Crippen LogP contribution in [0.15, 0.2) is 30.5 Å². The fourth-order valence-electron chi connectivity index (χ4n) is 1.64. The summed E-state index contributed by atoms with van der Waals surface area (Å²) in [6.07, 6.45) is 1.57. The Kier molecular flexibility index (Phi) is 3.01. The van der Waals surface area contributed by atoms with Gasteiger partial charge < -0.3 is 5.32 Å². The molecule has 1 heterocycles. The van der Waals surface area contributed by atoms with E-state index in [0.717, 1.165) is 16.5 Å². The van der Waals surface area contributed by atoms with Gasteiger partial charge in [0.1, 0.15) is 6.42 Å². The molecule has 2 aromatic rings. The van der Waals surface area contributed by atoms with Crippen molar-refractivity contribution in [1.82, 2.24) is 4.98 Å². The molecule has 1 N–H and O–H groups in total. The van der Waals surface area contributed by atoms with Crippen LogP contribution in [0.5, 0.6) is 0 Å². The number of amides is 1. The largest absolute Gasteiger partial charge is 0.325 e. The third-order valence-corrected chi connectivity index (χ3v) is 2.46. The van der Waals surface area contributed by atoms with Crippen LogP contribution >= 0.6 is 0 Å². The maximum atomic E-state index is 11.3. The number of fused-ring (bicyclic) bond motifs is 1. The number of anilines is 1. The second-order valence-corrected chi connectivity index (χ2v) is 3.75. The number of hydrogen-bond donors (Lipinski definition) is 1. The third kappa shape index (κ3) is 2.40. The average molecular weight is 225 g/mol. The van der Waals surface area contributed by atoms with Gasteiger partial charge in [0.05, 0.1) is 11.6 Å². The minimum atomic E-state index is -0.300. The molecule has 2 rings (SSSR count). The molecule has 0 aliphatic rings. The van der Waals surface area contributed by atoms with Crippen molar-refractivity contribution in [2.75, 3.05) is 5.32 Å². The summed E-state index contributed by atoms with van der Waals surface area (Å²) in [6.45, 7) is 1.91. The van der Waals surface area contributed by atoms with Crippen molar-refractivity contribution >= 4 is 22.5 Å². The lowest BCUT2D eigenvalue weighted by Gasteiger charge is -2.08. The van der Waals surface area contributed by atoms with E-state index in [0.29, 0.717) is 5.69 Å². The molecule has 17 heavy (non-hydrogen) atoms. The Labute approximate surface area is 98.9 Å². The lowest BCUT2D eigenvalue weighted by molar-refractivity contribution is -0.115. The van der Waals surface area contributed by atoms with Crippen molar-refractivity contribution in [1.29, 1.82) is 5.26 Å². The predicted octanol–water partition coefficient (Wildman–Crippen LogP) is 2.40. The Morgan fingerprint density at radius 1 is 1.53 bits per heavy atom. The molecule has 0 saturated heterocycles. The van der Waals surface area contributed by atoms with Crippen molar-refractivity contribution in [3.8, 4) is 6.07 Å². The smallest absolute Gasteiger partial charge is 0.238 e. The van der Waals surface area contributed by atoms with Gasteiger partial charge in [-0.1, -0.05) is 6.07 Å². The number of aromatic nitrogens is 1. The normalized spacial score (nSPS) is 9.88. The molecule has 1 aromatic heterocycles. The maximum Gasteiger partial charge on any atom is 0.238 e. The highest BCUT2D eigenvalue weighted by molar-refractivity contribution is 5.95. The molecule has 84 valence electrons. The van der Waals surface area contributed by atoms with Gasteiger partial charge in [0.25, 0.3) is 0 Å². The van der Waals surface area contributed by atoms with E-state index < -0.39 is 0 Å². The average Bonchev–Trinajstić information content (AvgIpc) is 2.30. The zero-order valence-electron chi connectivity index (χ0n) is 9.40. The summed E-state index contributed by atoms with van der Waals surface area (Å²) in [7, 11) is 0. The standard InChI is InChI=1S/C13H11N3O/c1-9-7-10-3-2-6-15-12(10)8-11(9)16-13(17)4-5-14/h2-3,6-8H,4H2,1H3,(H,16,17). The molecule has 4 nitrogen and oxygen atoms in total. The molecule has 4 heteroatoms. The fourth-order valence-corrected chi connectivity index (χ4v) is 1.64. The van der Waals surface area contributed by atoms with Gasteiger partial charge in [0.15, 0.2) is 0 Å². The Hall–Kier alpha value is -2.41. The molecule has 0 radical (unpaired) electrons. The summed E-state index contributed by atoms with van der Waals surface area (Å²) in [5, 5.41) is 12.2. The number of benzene rings is 1. The zero-order chi connectivity index (χ0) is 12.3. The van der Waals surface area contributed by atoms with Crippen LogP contribution in [0.2, 0.25) is 0 Å². The number of pyridine rings is 1. The topological polar surface area (TPSA) is 65.8 Å². The van der Waals surface area contributed by atoms with Crippen molar-refractivity contribution in [3.63, 3.8) is 0 Å². The lowest BCUT2D eigenvalue weighted by Crippen LogP contribution is -2.11. The van der Waals surface area contributed by atoms with E-state index in [1.165, 1.54) is 0 Å². The second kappa shape index (κ2) is 4.62. The van der Waals surface area contributed by atoms with Crippen LogP contribution in [-0.4, -0.2) is 10.9 Å². The molecule has 0 bridgehead atoms. The molecule has 0 fully saturated rings. The highest BCUT2D eigenvalue weighted by Gasteiger charge is 2.05. The van der Waals surface area contributed by atoms with E-state index in [1.807, 2.05) is 37.3 Å². The number of nitrogens with zero attached hydrogens (tertiary/aromatic N) is 2. The Balaban J connectivity index is 2.38. The number of nitrogens with one attached hydrogen (secondary N) is 1. The van der Waals surface area contributed by atoms with E-state index in [-0.39, 0.29) is 12.3 Å². The molecular formula is C13H11N3O. The summed E-state index contributed by atoms with van der Waals surface area (Å²) in [6, 6.07) is 9.44. The summed E-state index contributed by atoms with van der Waals surface area (Å²) < 4.78 is 0. The van der Waals surface area contributed by atoms with Gasteiger partial charge >= 0.3 is 0 Å². The summed E-state index contributed by atoms with van der Waals surface area (Å²) in [5.41, 5.74) is 2.48. The van der Waals surface area contributed by atoms with Crippen LogP contribution in [0.1, 0.15) is 12.0 Å². The van der Waals surface area contributed by atoms with Gasteiger partial charge in [0, 0.05) is 17.3 Å². The van der Waals surface area contributed by atoms with Gasteiger partial charge in [0.2, 0.25) is 5.91 Å². The highest BCUT2D eigenvalue weighted by Crippen LogP contribution is 2.21. The predicted molar refractivity (Wildman–Crippen MR) is 65.3 cm³/mol. The number of aryl methyl sites for hydroxylation is 1. The van der Waals surface area contributed by atoms with E-state index in [2.05, 4.69) is 10.3 Å². The molecular weight excluding hydrogens is 214 g/mol. The summed E-state index contributed by atoms with van der Waals surface area (Å²) in [5.74, 6) is -0.300. The number of hydrogen-bond acceptors (Lipinski definition) is 3. The lowest BCUT2D eigenvalue weighted by atomic mass is 10.1. The van der Waals surface area contributed by atoms with E-state index in [1.54, 1.807) is 6.20 Å². The Bertz CT molecular complexity index is 614. The van der Waals surface area contributed by atoms with E-state index in [9.17, 15) is 4.79 Å². The zero-order valence-corrected chi connectivity index (χ0v) is 9.40. The van der Waals surface area contributed by atoms with Gasteiger partial charge in [-0.3, -0.25) is 9.78 Å². The van der Waals surface area contributed by atoms with Crippen LogP contribution in [-0.2, 0) is 4.79 Å². The van der Waals surface area contributed by atoms with Gasteiger partial charge in [-0.2, -0.15) is 5.26 Å². The third-order valence-electron chi connectivity index (χ3n) is 2.46. The first kappa shape index (κ1) is 11.1. The fraction of sp³-hybridized carbons (Fsp3) is 0.154. The van der Waals surface area contributed by atoms with Gasteiger partial charge in [-0.25, -0.2) is 0 Å². The quantitative estimate of drug-likeness (QED) is 0.853. The molecule has 0 spiro atoms. The first-order chi connectivity index (χ1) is 8.20. The van der Waals surface area contributed by atoms with Crippen LogP contribution in [0, 0.1) is 18.3 Å². The minimum Gasteiger partial charge on any atom is -0.325 e. The molecule has 0 aliphatic heterocycles. The number of rotatable bonds is 2. The number of carbonyl (C=O) groups is 1. The minimum absolute atomic E-state index is 0.139. The van der Waals surface area contributed by atoms with Crippen molar-refractivity contribution < 1.29 is 4.79 Å². The van der Waals surface area contributed by atoms with Crippen LogP contribution in [0.25, 0.3) is 10.9 Å². The second-order valence-electron chi connectivity index (χ2n) is 3.75. The van der Waals surface area contributed by atoms with Crippen molar-refractivity contribution in [3.05, 3.63) is 36.0 Å². The molecule has 0 aliphatic carbocycles. The molecule has 0 unspecified atom stereocenters.